The molecule has 7 heteroatoms. The summed E-state index contributed by atoms with van der Waals surface area (Å²) in [6, 6.07) is 15.1. The zero-order chi connectivity index (χ0) is 19.5. The summed E-state index contributed by atoms with van der Waals surface area (Å²) in [5, 5.41) is 10.0. The molecule has 28 heavy (non-hydrogen) atoms. The summed E-state index contributed by atoms with van der Waals surface area (Å²) in [6.45, 7) is 0.0811. The van der Waals surface area contributed by atoms with Crippen LogP contribution in [0, 0.1) is 5.92 Å². The number of fused-ring (bicyclic) bond motifs is 3. The number of carbonyl (C=O) groups excluding carboxylic acids is 1. The number of carbonyl (C=O) groups is 1. The molecule has 2 aromatic rings. The average Bonchev–Trinajstić information content (AvgIpc) is 3.53. The average molecular weight is 398 g/mol. The summed E-state index contributed by atoms with van der Waals surface area (Å²) in [4.78, 5) is 14.9. The second kappa shape index (κ2) is 6.40. The Hall–Kier alpha value is -2.22. The van der Waals surface area contributed by atoms with Gasteiger partial charge in [0.05, 0.1) is 23.6 Å². The van der Waals surface area contributed by atoms with E-state index in [1.165, 1.54) is 4.31 Å². The van der Waals surface area contributed by atoms with Crippen molar-refractivity contribution in [2.45, 2.75) is 35.7 Å². The lowest BCUT2D eigenvalue weighted by Crippen LogP contribution is -2.70. The first kappa shape index (κ1) is 17.8. The van der Waals surface area contributed by atoms with Gasteiger partial charge in [-0.2, -0.15) is 4.31 Å². The second-order valence-corrected chi connectivity index (χ2v) is 9.62. The molecule has 0 unspecified atom stereocenters. The Bertz CT molecular complexity index is 1020. The van der Waals surface area contributed by atoms with Crippen LogP contribution < -0.4 is 4.90 Å². The van der Waals surface area contributed by atoms with Gasteiger partial charge in [0.2, 0.25) is 15.9 Å². The molecule has 1 N–H and O–H groups in total. The lowest BCUT2D eigenvalue weighted by atomic mass is 9.74. The topological polar surface area (TPSA) is 77.9 Å². The maximum absolute atomic E-state index is 13.3. The number of rotatable bonds is 4. The monoisotopic (exact) mass is 398 g/mol. The maximum atomic E-state index is 13.3. The van der Waals surface area contributed by atoms with Crippen molar-refractivity contribution in [3.05, 3.63) is 60.2 Å². The number of para-hydroxylation sites is 1. The van der Waals surface area contributed by atoms with Crippen LogP contribution in [0.15, 0.2) is 59.5 Å². The Morgan fingerprint density at radius 2 is 1.71 bits per heavy atom. The summed E-state index contributed by atoms with van der Waals surface area (Å²) in [5.41, 5.74) is 1.81. The van der Waals surface area contributed by atoms with Gasteiger partial charge >= 0.3 is 0 Å². The van der Waals surface area contributed by atoms with E-state index in [1.807, 2.05) is 24.3 Å². The summed E-state index contributed by atoms with van der Waals surface area (Å²) >= 11 is 0. The van der Waals surface area contributed by atoms with Crippen LogP contribution in [0.2, 0.25) is 0 Å². The molecule has 6 nitrogen and oxygen atoms in total. The highest BCUT2D eigenvalue weighted by molar-refractivity contribution is 7.89. The number of hydrogen-bond acceptors (Lipinski definition) is 4. The molecule has 0 bridgehead atoms. The molecule has 146 valence electrons. The van der Waals surface area contributed by atoms with Crippen LogP contribution >= 0.6 is 0 Å². The lowest BCUT2D eigenvalue weighted by Gasteiger charge is -2.57. The van der Waals surface area contributed by atoms with E-state index in [9.17, 15) is 18.3 Å². The number of nitrogens with zero attached hydrogens (tertiary/aromatic N) is 2. The van der Waals surface area contributed by atoms with E-state index < -0.39 is 16.1 Å². The van der Waals surface area contributed by atoms with Crippen molar-refractivity contribution in [3.63, 3.8) is 0 Å². The summed E-state index contributed by atoms with van der Waals surface area (Å²) in [7, 11) is -3.75. The summed E-state index contributed by atoms with van der Waals surface area (Å²) in [5.74, 6) is 0.0239. The van der Waals surface area contributed by atoms with Gasteiger partial charge in [0.15, 0.2) is 0 Å². The van der Waals surface area contributed by atoms with Crippen molar-refractivity contribution in [2.24, 2.45) is 5.92 Å². The van der Waals surface area contributed by atoms with E-state index in [-0.39, 0.29) is 35.3 Å². The molecule has 1 amide bonds. The van der Waals surface area contributed by atoms with Crippen LogP contribution in [0.3, 0.4) is 0 Å². The van der Waals surface area contributed by atoms with Crippen molar-refractivity contribution < 1.29 is 18.3 Å². The van der Waals surface area contributed by atoms with Gasteiger partial charge in [-0.25, -0.2) is 8.42 Å². The molecule has 0 spiro atoms. The van der Waals surface area contributed by atoms with Gasteiger partial charge in [0, 0.05) is 24.1 Å². The fourth-order valence-corrected chi connectivity index (χ4v) is 6.50. The van der Waals surface area contributed by atoms with Crippen LogP contribution in [0.4, 0.5) is 5.69 Å². The Labute approximate surface area is 164 Å². The standard InChI is InChI=1S/C21H22N2O4S/c24-13-19-20-16-8-4-5-9-17(16)22(21(25)14-10-11-14)12-18(20)23(19)28(26,27)15-6-2-1-3-7-15/h1-9,14,18-20,24H,10-13H2/t18-,19+,20+/m1/s1. The minimum Gasteiger partial charge on any atom is -0.395 e. The Balaban J connectivity index is 1.57. The van der Waals surface area contributed by atoms with E-state index in [0.29, 0.717) is 6.54 Å². The zero-order valence-corrected chi connectivity index (χ0v) is 16.1. The highest BCUT2D eigenvalue weighted by Crippen LogP contribution is 2.51. The molecule has 2 aromatic carbocycles. The van der Waals surface area contributed by atoms with E-state index in [1.54, 1.807) is 35.2 Å². The number of amides is 1. The molecule has 3 aliphatic rings. The predicted octanol–water partition coefficient (Wildman–Crippen LogP) is 1.96. The van der Waals surface area contributed by atoms with E-state index in [0.717, 1.165) is 24.1 Å². The summed E-state index contributed by atoms with van der Waals surface area (Å²) in [6.07, 6.45) is 1.80. The third-order valence-electron chi connectivity index (χ3n) is 6.14. The first-order chi connectivity index (χ1) is 13.5. The molecule has 1 aliphatic carbocycles. The SMILES string of the molecule is O=C(C1CC1)N1C[C@@H]2[C@H](c3ccccc31)[C@H](CO)N2S(=O)(=O)c1ccccc1. The largest absolute Gasteiger partial charge is 0.395 e. The number of aliphatic hydroxyl groups excluding tert-OH is 1. The van der Waals surface area contributed by atoms with Gasteiger partial charge in [-0.3, -0.25) is 4.79 Å². The normalized spacial score (nSPS) is 26.9. The number of hydrogen-bond donors (Lipinski definition) is 1. The number of aliphatic hydroxyl groups is 1. The minimum absolute atomic E-state index is 0.0532. The van der Waals surface area contributed by atoms with Gasteiger partial charge in [-0.1, -0.05) is 36.4 Å². The van der Waals surface area contributed by atoms with Crippen molar-refractivity contribution in [3.8, 4) is 0 Å². The van der Waals surface area contributed by atoms with Crippen molar-refractivity contribution in [1.29, 1.82) is 0 Å². The van der Waals surface area contributed by atoms with Crippen molar-refractivity contribution in [1.82, 2.24) is 4.31 Å². The van der Waals surface area contributed by atoms with Crippen LogP contribution in [0.5, 0.6) is 0 Å². The molecule has 2 heterocycles. The third kappa shape index (κ3) is 2.53. The lowest BCUT2D eigenvalue weighted by molar-refractivity contribution is -0.120. The molecule has 2 fully saturated rings. The number of benzene rings is 2. The molecule has 2 aliphatic heterocycles. The second-order valence-electron chi connectivity index (χ2n) is 7.77. The quantitative estimate of drug-likeness (QED) is 0.854. The highest BCUT2D eigenvalue weighted by atomic mass is 32.2. The molecule has 1 saturated heterocycles. The Morgan fingerprint density at radius 3 is 2.39 bits per heavy atom. The van der Waals surface area contributed by atoms with Gasteiger partial charge < -0.3 is 10.0 Å². The van der Waals surface area contributed by atoms with E-state index in [2.05, 4.69) is 0 Å². The molecule has 0 aromatic heterocycles. The fraction of sp³-hybridized carbons (Fsp3) is 0.381. The van der Waals surface area contributed by atoms with Gasteiger partial charge in [0.1, 0.15) is 0 Å². The predicted molar refractivity (Wildman–Crippen MR) is 104 cm³/mol. The Morgan fingerprint density at radius 1 is 1.04 bits per heavy atom. The van der Waals surface area contributed by atoms with E-state index >= 15 is 0 Å². The van der Waals surface area contributed by atoms with Crippen LogP contribution in [0.1, 0.15) is 24.3 Å². The van der Waals surface area contributed by atoms with Gasteiger partial charge in [0.25, 0.3) is 0 Å². The smallest absolute Gasteiger partial charge is 0.243 e. The maximum Gasteiger partial charge on any atom is 0.243 e. The van der Waals surface area contributed by atoms with Crippen LogP contribution in [0.25, 0.3) is 0 Å². The Kier molecular flexibility index (Phi) is 4.08. The van der Waals surface area contributed by atoms with Crippen LogP contribution in [-0.4, -0.2) is 49.0 Å². The molecule has 5 rings (SSSR count). The number of anilines is 1. The first-order valence-corrected chi connectivity index (χ1v) is 11.1. The van der Waals surface area contributed by atoms with Gasteiger partial charge in [-0.15, -0.1) is 0 Å². The molecule has 3 atom stereocenters. The molecular formula is C21H22N2O4S. The molecule has 1 saturated carbocycles. The highest BCUT2D eigenvalue weighted by Gasteiger charge is 2.58. The molecular weight excluding hydrogens is 376 g/mol. The number of sulfonamides is 1. The minimum atomic E-state index is -3.75. The van der Waals surface area contributed by atoms with Crippen molar-refractivity contribution in [2.75, 3.05) is 18.1 Å². The third-order valence-corrected chi connectivity index (χ3v) is 8.10. The van der Waals surface area contributed by atoms with Crippen LogP contribution in [-0.2, 0) is 14.8 Å². The van der Waals surface area contributed by atoms with E-state index in [4.69, 9.17) is 0 Å². The van der Waals surface area contributed by atoms with Gasteiger partial charge in [-0.05, 0) is 36.6 Å². The zero-order valence-electron chi connectivity index (χ0n) is 15.3. The van der Waals surface area contributed by atoms with Crippen molar-refractivity contribution >= 4 is 21.6 Å². The molecule has 0 radical (unpaired) electrons. The summed E-state index contributed by atoms with van der Waals surface area (Å²) < 4.78 is 28.0. The first-order valence-electron chi connectivity index (χ1n) is 9.64. The fourth-order valence-electron chi connectivity index (χ4n) is 4.65.